The zero-order valence-electron chi connectivity index (χ0n) is 10.7. The van der Waals surface area contributed by atoms with E-state index in [0.29, 0.717) is 4.99 Å². The number of fused-ring (bicyclic) bond motifs is 1. The Morgan fingerprint density at radius 3 is 2.90 bits per heavy atom. The molecule has 20 heavy (non-hydrogen) atoms. The molecule has 0 saturated heterocycles. The Morgan fingerprint density at radius 1 is 1.30 bits per heavy atom. The molecule has 0 amide bonds. The van der Waals surface area contributed by atoms with Gasteiger partial charge in [0.2, 0.25) is 0 Å². The first kappa shape index (κ1) is 13.0. The summed E-state index contributed by atoms with van der Waals surface area (Å²) in [5, 5.41) is 8.48. The Hall–Kier alpha value is -1.98. The van der Waals surface area contributed by atoms with E-state index in [9.17, 15) is 0 Å². The summed E-state index contributed by atoms with van der Waals surface area (Å²) in [7, 11) is 0. The van der Waals surface area contributed by atoms with Crippen molar-refractivity contribution in [2.45, 2.75) is 6.54 Å². The normalized spacial score (nSPS) is 10.6. The molecular formula is C15H13N3S2. The number of para-hydroxylation sites is 1. The zero-order valence-corrected chi connectivity index (χ0v) is 12.3. The lowest BCUT2D eigenvalue weighted by Gasteiger charge is -2.10. The van der Waals surface area contributed by atoms with E-state index in [1.165, 1.54) is 5.56 Å². The topological polar surface area (TPSA) is 50.9 Å². The van der Waals surface area contributed by atoms with Crippen molar-refractivity contribution in [1.29, 1.82) is 0 Å². The Balaban J connectivity index is 1.97. The summed E-state index contributed by atoms with van der Waals surface area (Å²) >= 11 is 6.82. The van der Waals surface area contributed by atoms with Crippen LogP contribution in [0.25, 0.3) is 10.9 Å². The minimum Gasteiger partial charge on any atom is -0.389 e. The Labute approximate surface area is 126 Å². The molecule has 0 unspecified atom stereocenters. The molecule has 0 fully saturated rings. The van der Waals surface area contributed by atoms with Crippen molar-refractivity contribution < 1.29 is 0 Å². The predicted octanol–water partition coefficient (Wildman–Crippen LogP) is 3.54. The molecule has 0 aliphatic heterocycles. The summed E-state index contributed by atoms with van der Waals surface area (Å²) in [5.74, 6) is 0.790. The van der Waals surface area contributed by atoms with Gasteiger partial charge in [-0.25, -0.2) is 4.98 Å². The van der Waals surface area contributed by atoms with Crippen LogP contribution in [0.2, 0.25) is 0 Å². The van der Waals surface area contributed by atoms with Gasteiger partial charge in [-0.3, -0.25) is 0 Å². The quantitative estimate of drug-likeness (QED) is 0.723. The molecule has 100 valence electrons. The molecule has 3 rings (SSSR count). The average Bonchev–Trinajstić information content (AvgIpc) is 2.97. The van der Waals surface area contributed by atoms with Gasteiger partial charge in [-0.15, -0.1) is 0 Å². The number of hydrogen-bond acceptors (Lipinski definition) is 4. The van der Waals surface area contributed by atoms with Crippen LogP contribution in [-0.4, -0.2) is 9.97 Å². The van der Waals surface area contributed by atoms with Crippen LogP contribution in [0.1, 0.15) is 11.1 Å². The van der Waals surface area contributed by atoms with Crippen molar-refractivity contribution in [2.24, 2.45) is 5.73 Å². The van der Waals surface area contributed by atoms with Crippen molar-refractivity contribution >= 4 is 45.3 Å². The van der Waals surface area contributed by atoms with E-state index >= 15 is 0 Å². The molecule has 0 bridgehead atoms. The number of benzene rings is 1. The number of nitrogens with one attached hydrogen (secondary N) is 1. The molecule has 0 aliphatic carbocycles. The van der Waals surface area contributed by atoms with Gasteiger partial charge in [0.1, 0.15) is 10.8 Å². The van der Waals surface area contributed by atoms with Gasteiger partial charge in [0.25, 0.3) is 0 Å². The molecule has 3 N–H and O–H groups in total. The maximum absolute atomic E-state index is 5.82. The summed E-state index contributed by atoms with van der Waals surface area (Å²) in [6, 6.07) is 11.9. The third-order valence-electron chi connectivity index (χ3n) is 3.04. The van der Waals surface area contributed by atoms with E-state index in [0.717, 1.165) is 28.8 Å². The summed E-state index contributed by atoms with van der Waals surface area (Å²) in [4.78, 5) is 4.99. The second kappa shape index (κ2) is 5.56. The standard InChI is InChI=1S/C15H13N3S2/c16-15(19)12-7-14(17-8-10-5-6-20-9-10)18-13-4-2-1-3-11(12)13/h1-7,9H,8H2,(H2,16,19)(H,17,18). The first-order valence-electron chi connectivity index (χ1n) is 6.18. The van der Waals surface area contributed by atoms with E-state index in [4.69, 9.17) is 18.0 Å². The number of thiophene rings is 1. The maximum Gasteiger partial charge on any atom is 0.127 e. The number of rotatable bonds is 4. The average molecular weight is 299 g/mol. The van der Waals surface area contributed by atoms with Crippen molar-refractivity contribution in [3.8, 4) is 0 Å². The number of pyridine rings is 1. The third kappa shape index (κ3) is 2.64. The van der Waals surface area contributed by atoms with Crippen molar-refractivity contribution in [1.82, 2.24) is 4.98 Å². The molecule has 5 heteroatoms. The fourth-order valence-electron chi connectivity index (χ4n) is 2.06. The minimum atomic E-state index is 0.391. The minimum absolute atomic E-state index is 0.391. The molecule has 0 atom stereocenters. The van der Waals surface area contributed by atoms with Crippen molar-refractivity contribution in [2.75, 3.05) is 5.32 Å². The van der Waals surface area contributed by atoms with Gasteiger partial charge in [0.05, 0.1) is 5.52 Å². The van der Waals surface area contributed by atoms with E-state index in [1.807, 2.05) is 30.3 Å². The van der Waals surface area contributed by atoms with E-state index in [2.05, 4.69) is 27.1 Å². The van der Waals surface area contributed by atoms with Crippen LogP contribution in [0.4, 0.5) is 5.82 Å². The number of anilines is 1. The first-order valence-corrected chi connectivity index (χ1v) is 7.53. The molecule has 0 spiro atoms. The molecule has 2 aromatic heterocycles. The number of aromatic nitrogens is 1. The highest BCUT2D eigenvalue weighted by atomic mass is 32.1. The summed E-state index contributed by atoms with van der Waals surface area (Å²) in [6.45, 7) is 0.742. The lowest BCUT2D eigenvalue weighted by atomic mass is 10.1. The Kier molecular flexibility index (Phi) is 3.62. The van der Waals surface area contributed by atoms with Crippen LogP contribution < -0.4 is 11.1 Å². The highest BCUT2D eigenvalue weighted by Gasteiger charge is 2.07. The molecule has 0 radical (unpaired) electrons. The maximum atomic E-state index is 5.82. The Bertz CT molecular complexity index is 751. The van der Waals surface area contributed by atoms with Crippen molar-refractivity contribution in [3.63, 3.8) is 0 Å². The van der Waals surface area contributed by atoms with Crippen LogP contribution in [0.3, 0.4) is 0 Å². The fraction of sp³-hybridized carbons (Fsp3) is 0.0667. The SMILES string of the molecule is NC(=S)c1cc(NCc2ccsc2)nc2ccccc12. The van der Waals surface area contributed by atoms with E-state index in [1.54, 1.807) is 11.3 Å². The molecular weight excluding hydrogens is 286 g/mol. The second-order valence-electron chi connectivity index (χ2n) is 4.42. The molecule has 0 saturated carbocycles. The highest BCUT2D eigenvalue weighted by molar-refractivity contribution is 7.80. The van der Waals surface area contributed by atoms with Crippen LogP contribution in [0.5, 0.6) is 0 Å². The number of thiocarbonyl (C=S) groups is 1. The summed E-state index contributed by atoms with van der Waals surface area (Å²) in [5.41, 5.74) is 8.81. The summed E-state index contributed by atoms with van der Waals surface area (Å²) in [6.07, 6.45) is 0. The van der Waals surface area contributed by atoms with Gasteiger partial charge in [-0.1, -0.05) is 30.4 Å². The van der Waals surface area contributed by atoms with Crippen LogP contribution in [0.15, 0.2) is 47.2 Å². The largest absolute Gasteiger partial charge is 0.389 e. The van der Waals surface area contributed by atoms with Crippen molar-refractivity contribution in [3.05, 3.63) is 58.3 Å². The Morgan fingerprint density at radius 2 is 2.15 bits per heavy atom. The predicted molar refractivity (Wildman–Crippen MR) is 89.3 cm³/mol. The van der Waals surface area contributed by atoms with Gasteiger partial charge >= 0.3 is 0 Å². The number of hydrogen-bond donors (Lipinski definition) is 2. The van der Waals surface area contributed by atoms with Gasteiger partial charge < -0.3 is 11.1 Å². The monoisotopic (exact) mass is 299 g/mol. The smallest absolute Gasteiger partial charge is 0.127 e. The van der Waals surface area contributed by atoms with Gasteiger partial charge in [0, 0.05) is 17.5 Å². The van der Waals surface area contributed by atoms with Gasteiger partial charge in [-0.05, 0) is 34.5 Å². The highest BCUT2D eigenvalue weighted by Crippen LogP contribution is 2.21. The molecule has 3 nitrogen and oxygen atoms in total. The van der Waals surface area contributed by atoms with Crippen LogP contribution in [-0.2, 0) is 6.54 Å². The molecule has 3 aromatic rings. The zero-order chi connectivity index (χ0) is 13.9. The molecule has 1 aromatic carbocycles. The molecule has 2 heterocycles. The second-order valence-corrected chi connectivity index (χ2v) is 5.64. The van der Waals surface area contributed by atoms with Gasteiger partial charge in [0.15, 0.2) is 0 Å². The summed E-state index contributed by atoms with van der Waals surface area (Å²) < 4.78 is 0. The first-order chi connectivity index (χ1) is 9.74. The third-order valence-corrected chi connectivity index (χ3v) is 3.99. The van der Waals surface area contributed by atoms with E-state index in [-0.39, 0.29) is 0 Å². The molecule has 0 aliphatic rings. The number of nitrogens with two attached hydrogens (primary N) is 1. The lowest BCUT2D eigenvalue weighted by Crippen LogP contribution is -2.11. The van der Waals surface area contributed by atoms with Crippen LogP contribution in [0, 0.1) is 0 Å². The lowest BCUT2D eigenvalue weighted by molar-refractivity contribution is 1.13. The van der Waals surface area contributed by atoms with Gasteiger partial charge in [-0.2, -0.15) is 11.3 Å². The fourth-order valence-corrected chi connectivity index (χ4v) is 2.89. The van der Waals surface area contributed by atoms with Crippen LogP contribution >= 0.6 is 23.6 Å². The number of nitrogens with zero attached hydrogens (tertiary/aromatic N) is 1. The van der Waals surface area contributed by atoms with E-state index < -0.39 is 0 Å².